The predicted molar refractivity (Wildman–Crippen MR) is 138 cm³/mol. The Labute approximate surface area is 206 Å². The van der Waals surface area contributed by atoms with Crippen LogP contribution in [0.4, 0.5) is 5.69 Å². The van der Waals surface area contributed by atoms with E-state index in [1.54, 1.807) is 11.7 Å². The van der Waals surface area contributed by atoms with Crippen LogP contribution >= 0.6 is 11.3 Å². The Morgan fingerprint density at radius 2 is 1.66 bits per heavy atom. The molecule has 2 heterocycles. The van der Waals surface area contributed by atoms with Crippen molar-refractivity contribution >= 4 is 29.0 Å². The lowest BCUT2D eigenvalue weighted by Gasteiger charge is -2.25. The summed E-state index contributed by atoms with van der Waals surface area (Å²) in [4.78, 5) is 32.4. The minimum Gasteiger partial charge on any atom is -0.497 e. The molecule has 0 aliphatic carbocycles. The predicted octanol–water partition coefficient (Wildman–Crippen LogP) is 3.88. The summed E-state index contributed by atoms with van der Waals surface area (Å²) in [6, 6.07) is 25.8. The third kappa shape index (κ3) is 4.46. The van der Waals surface area contributed by atoms with Crippen LogP contribution in [0.2, 0.25) is 0 Å². The largest absolute Gasteiger partial charge is 0.497 e. The van der Waals surface area contributed by atoms with E-state index in [-0.39, 0.29) is 11.5 Å². The SMILES string of the molecule is COc1ccc(/C=c2/sc3n(c2=O)[C@H](c2ccccc2)C(C(=O)Nc2ccccc2)=C(C)N=3)cc1. The lowest BCUT2D eigenvalue weighted by atomic mass is 9.95. The summed E-state index contributed by atoms with van der Waals surface area (Å²) in [5, 5.41) is 2.96. The number of ether oxygens (including phenoxy) is 1. The third-order valence-electron chi connectivity index (χ3n) is 5.83. The molecule has 6 nitrogen and oxygen atoms in total. The van der Waals surface area contributed by atoms with E-state index in [0.29, 0.717) is 26.3 Å². The number of carbonyl (C=O) groups excluding carboxylic acids is 1. The first-order chi connectivity index (χ1) is 17.0. The van der Waals surface area contributed by atoms with Crippen LogP contribution in [-0.4, -0.2) is 17.6 Å². The van der Waals surface area contributed by atoms with Crippen LogP contribution in [-0.2, 0) is 4.79 Å². The molecule has 1 aliphatic heterocycles. The Kier molecular flexibility index (Phi) is 6.16. The average molecular weight is 482 g/mol. The molecule has 0 radical (unpaired) electrons. The standard InChI is InChI=1S/C28H23N3O3S/c1-18-24(26(32)30-21-11-7-4-8-12-21)25(20-9-5-3-6-10-20)31-27(33)23(35-28(31)29-18)17-19-13-15-22(34-2)16-14-19/h3-17,25H,1-2H3,(H,30,32)/b23-17+/t25-/m1/s1. The topological polar surface area (TPSA) is 72.7 Å². The number of fused-ring (bicyclic) bond motifs is 1. The number of hydrogen-bond donors (Lipinski definition) is 1. The zero-order chi connectivity index (χ0) is 24.4. The van der Waals surface area contributed by atoms with E-state index in [1.807, 2.05) is 97.9 Å². The van der Waals surface area contributed by atoms with Gasteiger partial charge in [-0.05, 0) is 48.4 Å². The molecule has 35 heavy (non-hydrogen) atoms. The van der Waals surface area contributed by atoms with Crippen molar-refractivity contribution in [3.8, 4) is 5.75 Å². The fraction of sp³-hybridized carbons (Fsp3) is 0.107. The monoisotopic (exact) mass is 481 g/mol. The zero-order valence-corrected chi connectivity index (χ0v) is 20.1. The summed E-state index contributed by atoms with van der Waals surface area (Å²) in [6.45, 7) is 1.82. The number of nitrogens with zero attached hydrogens (tertiary/aromatic N) is 2. The Bertz CT molecular complexity index is 1590. The van der Waals surface area contributed by atoms with Crippen molar-refractivity contribution in [3.05, 3.63) is 127 Å². The number of anilines is 1. The van der Waals surface area contributed by atoms with E-state index in [2.05, 4.69) is 10.3 Å². The highest BCUT2D eigenvalue weighted by Crippen LogP contribution is 2.30. The number of amides is 1. The lowest BCUT2D eigenvalue weighted by molar-refractivity contribution is -0.113. The maximum Gasteiger partial charge on any atom is 0.271 e. The van der Waals surface area contributed by atoms with Crippen LogP contribution in [0.5, 0.6) is 5.75 Å². The summed E-state index contributed by atoms with van der Waals surface area (Å²) in [5.74, 6) is 0.466. The van der Waals surface area contributed by atoms with Gasteiger partial charge in [0.05, 0.1) is 29.0 Å². The quantitative estimate of drug-likeness (QED) is 0.470. The van der Waals surface area contributed by atoms with Crippen molar-refractivity contribution in [2.24, 2.45) is 4.99 Å². The maximum atomic E-state index is 13.7. The van der Waals surface area contributed by atoms with Gasteiger partial charge in [0.1, 0.15) is 5.75 Å². The minimum absolute atomic E-state index is 0.184. The molecule has 0 bridgehead atoms. The molecule has 0 saturated heterocycles. The first kappa shape index (κ1) is 22.6. The van der Waals surface area contributed by atoms with Crippen LogP contribution in [0, 0.1) is 0 Å². The van der Waals surface area contributed by atoms with Crippen LogP contribution < -0.4 is 24.9 Å². The summed E-state index contributed by atoms with van der Waals surface area (Å²) in [6.07, 6.45) is 1.84. The highest BCUT2D eigenvalue weighted by molar-refractivity contribution is 7.07. The molecule has 0 saturated carbocycles. The van der Waals surface area contributed by atoms with Crippen molar-refractivity contribution < 1.29 is 9.53 Å². The Balaban J connectivity index is 1.64. The highest BCUT2D eigenvalue weighted by atomic mass is 32.1. The van der Waals surface area contributed by atoms with Gasteiger partial charge >= 0.3 is 0 Å². The fourth-order valence-electron chi connectivity index (χ4n) is 4.13. The van der Waals surface area contributed by atoms with Gasteiger partial charge in [0.15, 0.2) is 4.80 Å². The van der Waals surface area contributed by atoms with Crippen LogP contribution in [0.25, 0.3) is 6.08 Å². The fourth-order valence-corrected chi connectivity index (χ4v) is 5.18. The number of benzene rings is 3. The molecule has 0 spiro atoms. The molecule has 0 unspecified atom stereocenters. The Morgan fingerprint density at radius 1 is 1.00 bits per heavy atom. The van der Waals surface area contributed by atoms with Gasteiger partial charge in [-0.15, -0.1) is 0 Å². The van der Waals surface area contributed by atoms with Gasteiger partial charge in [-0.1, -0.05) is 72.0 Å². The van der Waals surface area contributed by atoms with Crippen molar-refractivity contribution in [3.63, 3.8) is 0 Å². The highest BCUT2D eigenvalue weighted by Gasteiger charge is 2.32. The van der Waals surface area contributed by atoms with Crippen LogP contribution in [0.3, 0.4) is 0 Å². The van der Waals surface area contributed by atoms with Gasteiger partial charge in [0, 0.05) is 5.69 Å². The van der Waals surface area contributed by atoms with Gasteiger partial charge < -0.3 is 10.1 Å². The second-order valence-electron chi connectivity index (χ2n) is 8.09. The maximum absolute atomic E-state index is 13.7. The van der Waals surface area contributed by atoms with E-state index in [4.69, 9.17) is 4.74 Å². The second-order valence-corrected chi connectivity index (χ2v) is 9.09. The summed E-state index contributed by atoms with van der Waals surface area (Å²) in [5.41, 5.74) is 3.26. The van der Waals surface area contributed by atoms with Crippen molar-refractivity contribution in [1.29, 1.82) is 0 Å². The molecule has 1 aromatic heterocycles. The van der Waals surface area contributed by atoms with Gasteiger partial charge in [-0.2, -0.15) is 0 Å². The molecule has 3 aromatic carbocycles. The van der Waals surface area contributed by atoms with Crippen molar-refractivity contribution in [2.75, 3.05) is 12.4 Å². The van der Waals surface area contributed by atoms with Crippen molar-refractivity contribution in [1.82, 2.24) is 4.57 Å². The molecule has 5 rings (SSSR count). The smallest absolute Gasteiger partial charge is 0.271 e. The Morgan fingerprint density at radius 3 is 2.31 bits per heavy atom. The average Bonchev–Trinajstić information content (AvgIpc) is 3.19. The second kappa shape index (κ2) is 9.56. The van der Waals surface area contributed by atoms with Crippen molar-refractivity contribution in [2.45, 2.75) is 13.0 Å². The number of thiazole rings is 1. The van der Waals surface area contributed by atoms with Gasteiger partial charge in [-0.25, -0.2) is 4.99 Å². The summed E-state index contributed by atoms with van der Waals surface area (Å²) >= 11 is 1.32. The van der Waals surface area contributed by atoms with Crippen LogP contribution in [0.1, 0.15) is 24.1 Å². The minimum atomic E-state index is -0.589. The van der Waals surface area contributed by atoms with E-state index in [0.717, 1.165) is 16.9 Å². The van der Waals surface area contributed by atoms with E-state index in [9.17, 15) is 9.59 Å². The number of carbonyl (C=O) groups is 1. The number of allylic oxidation sites excluding steroid dienone is 1. The van der Waals surface area contributed by atoms with Gasteiger partial charge in [0.2, 0.25) is 0 Å². The third-order valence-corrected chi connectivity index (χ3v) is 6.81. The molecule has 0 fully saturated rings. The first-order valence-corrected chi connectivity index (χ1v) is 11.9. The van der Waals surface area contributed by atoms with E-state index >= 15 is 0 Å². The summed E-state index contributed by atoms with van der Waals surface area (Å²) in [7, 11) is 1.62. The number of hydrogen-bond acceptors (Lipinski definition) is 5. The molecule has 1 amide bonds. The molecule has 1 N–H and O–H groups in total. The number of nitrogens with one attached hydrogen (secondary N) is 1. The van der Waals surface area contributed by atoms with Crippen LogP contribution in [0.15, 0.2) is 106 Å². The summed E-state index contributed by atoms with van der Waals surface area (Å²) < 4.78 is 7.40. The molecule has 1 atom stereocenters. The normalized spacial score (nSPS) is 15.4. The Hall–Kier alpha value is -4.23. The first-order valence-electron chi connectivity index (χ1n) is 11.1. The lowest BCUT2D eigenvalue weighted by Crippen LogP contribution is -2.40. The molecular formula is C28H23N3O3S. The number of rotatable bonds is 5. The molecule has 1 aliphatic rings. The number of para-hydroxylation sites is 1. The van der Waals surface area contributed by atoms with E-state index in [1.165, 1.54) is 11.3 Å². The van der Waals surface area contributed by atoms with Gasteiger partial charge in [-0.3, -0.25) is 14.2 Å². The molecule has 7 heteroatoms. The zero-order valence-electron chi connectivity index (χ0n) is 19.3. The number of methoxy groups -OCH3 is 1. The van der Waals surface area contributed by atoms with E-state index < -0.39 is 6.04 Å². The molecular weight excluding hydrogens is 458 g/mol. The van der Waals surface area contributed by atoms with Gasteiger partial charge in [0.25, 0.3) is 11.5 Å². The number of aromatic nitrogens is 1. The molecule has 4 aromatic rings. The molecule has 174 valence electrons.